The van der Waals surface area contributed by atoms with E-state index >= 15 is 0 Å². The maximum absolute atomic E-state index is 5.63. The van der Waals surface area contributed by atoms with Gasteiger partial charge >= 0.3 is 0 Å². The minimum Gasteiger partial charge on any atom is -0.378 e. The van der Waals surface area contributed by atoms with E-state index in [-0.39, 0.29) is 0 Å². The highest BCUT2D eigenvalue weighted by molar-refractivity contribution is 5.94. The highest BCUT2D eigenvalue weighted by Crippen LogP contribution is 2.32. The number of piperidine rings is 1. The topological polar surface area (TPSA) is 73.8 Å². The lowest BCUT2D eigenvalue weighted by Gasteiger charge is -2.37. The van der Waals surface area contributed by atoms with Crippen LogP contribution in [0.3, 0.4) is 0 Å². The molecule has 3 saturated heterocycles. The molecule has 190 valence electrons. The summed E-state index contributed by atoms with van der Waals surface area (Å²) in [5, 5.41) is 0. The number of anilines is 3. The standard InChI is InChI=1S/C27H36N8O/c1-32(19-21-7-3-2-4-8-21)25-24-23(28-20-29-25)26(34-15-17-36-18-16-34)31-27(30-24)35-13-9-22(10-14-35)33-11-5-6-12-33/h2-4,7-8,20,22H,5-6,9-19H2,1H3. The number of likely N-dealkylation sites (tertiary alicyclic amines) is 1. The summed E-state index contributed by atoms with van der Waals surface area (Å²) < 4.78 is 5.63. The van der Waals surface area contributed by atoms with Crippen LogP contribution in [0.2, 0.25) is 0 Å². The second kappa shape index (κ2) is 10.5. The molecule has 1 aromatic carbocycles. The van der Waals surface area contributed by atoms with Crippen molar-refractivity contribution in [3.63, 3.8) is 0 Å². The van der Waals surface area contributed by atoms with Gasteiger partial charge in [0.25, 0.3) is 0 Å². The van der Waals surface area contributed by atoms with Crippen LogP contribution in [0.1, 0.15) is 31.2 Å². The Morgan fingerprint density at radius 2 is 1.61 bits per heavy atom. The van der Waals surface area contributed by atoms with Crippen molar-refractivity contribution in [1.82, 2.24) is 24.8 Å². The summed E-state index contributed by atoms with van der Waals surface area (Å²) in [6, 6.07) is 11.2. The zero-order chi connectivity index (χ0) is 24.3. The summed E-state index contributed by atoms with van der Waals surface area (Å²) in [4.78, 5) is 29.1. The fourth-order valence-electron chi connectivity index (χ4n) is 5.80. The van der Waals surface area contributed by atoms with Gasteiger partial charge in [-0.25, -0.2) is 15.0 Å². The Morgan fingerprint density at radius 3 is 2.36 bits per heavy atom. The van der Waals surface area contributed by atoms with Gasteiger partial charge in [0, 0.05) is 45.8 Å². The first-order valence-corrected chi connectivity index (χ1v) is 13.4. The molecule has 0 saturated carbocycles. The van der Waals surface area contributed by atoms with Gasteiger partial charge in [-0.2, -0.15) is 4.98 Å². The number of benzene rings is 1. The maximum atomic E-state index is 5.63. The Hall–Kier alpha value is -3.04. The van der Waals surface area contributed by atoms with Crippen LogP contribution in [0.4, 0.5) is 17.6 Å². The summed E-state index contributed by atoms with van der Waals surface area (Å²) in [5.41, 5.74) is 2.88. The molecule has 0 atom stereocenters. The van der Waals surface area contributed by atoms with Crippen molar-refractivity contribution in [2.75, 3.05) is 74.2 Å². The predicted octanol–water partition coefficient (Wildman–Crippen LogP) is 2.96. The number of fused-ring (bicyclic) bond motifs is 1. The summed E-state index contributed by atoms with van der Waals surface area (Å²) in [6.07, 6.45) is 6.67. The molecule has 0 unspecified atom stereocenters. The van der Waals surface area contributed by atoms with E-state index in [9.17, 15) is 0 Å². The van der Waals surface area contributed by atoms with Gasteiger partial charge in [0.15, 0.2) is 11.6 Å². The van der Waals surface area contributed by atoms with Gasteiger partial charge in [0.2, 0.25) is 5.95 Å². The van der Waals surface area contributed by atoms with E-state index in [4.69, 9.17) is 19.7 Å². The molecule has 0 aliphatic carbocycles. The van der Waals surface area contributed by atoms with Crippen LogP contribution in [-0.2, 0) is 11.3 Å². The first-order chi connectivity index (χ1) is 17.8. The van der Waals surface area contributed by atoms with Crippen LogP contribution >= 0.6 is 0 Å². The number of hydrogen-bond acceptors (Lipinski definition) is 9. The molecule has 6 rings (SSSR count). The molecule has 2 aromatic heterocycles. The van der Waals surface area contributed by atoms with Crippen molar-refractivity contribution in [1.29, 1.82) is 0 Å². The van der Waals surface area contributed by atoms with E-state index in [1.165, 1.54) is 44.3 Å². The number of morpholine rings is 1. The number of aromatic nitrogens is 4. The summed E-state index contributed by atoms with van der Waals surface area (Å²) in [6.45, 7) is 8.25. The lowest BCUT2D eigenvalue weighted by atomic mass is 10.0. The third-order valence-corrected chi connectivity index (χ3v) is 7.77. The lowest BCUT2D eigenvalue weighted by Crippen LogP contribution is -2.44. The van der Waals surface area contributed by atoms with Gasteiger partial charge in [-0.1, -0.05) is 30.3 Å². The van der Waals surface area contributed by atoms with Crippen molar-refractivity contribution >= 4 is 28.6 Å². The minimum atomic E-state index is 0.693. The van der Waals surface area contributed by atoms with Gasteiger partial charge in [-0.05, 0) is 44.3 Å². The molecule has 3 aliphatic rings. The zero-order valence-electron chi connectivity index (χ0n) is 21.2. The largest absolute Gasteiger partial charge is 0.378 e. The van der Waals surface area contributed by atoms with Crippen molar-refractivity contribution in [3.8, 4) is 0 Å². The molecular weight excluding hydrogens is 452 g/mol. The predicted molar refractivity (Wildman–Crippen MR) is 143 cm³/mol. The Kier molecular flexibility index (Phi) is 6.83. The first-order valence-electron chi connectivity index (χ1n) is 13.4. The smallest absolute Gasteiger partial charge is 0.228 e. The summed E-state index contributed by atoms with van der Waals surface area (Å²) in [5.74, 6) is 2.54. The van der Waals surface area contributed by atoms with Gasteiger partial charge in [0.05, 0.1) is 13.2 Å². The van der Waals surface area contributed by atoms with Crippen LogP contribution in [0, 0.1) is 0 Å². The van der Waals surface area contributed by atoms with Crippen LogP contribution in [0.25, 0.3) is 11.0 Å². The monoisotopic (exact) mass is 488 g/mol. The Bertz CT molecular complexity index is 1160. The van der Waals surface area contributed by atoms with E-state index in [0.29, 0.717) is 19.3 Å². The average Bonchev–Trinajstić information content (AvgIpc) is 3.48. The fourth-order valence-corrected chi connectivity index (χ4v) is 5.80. The summed E-state index contributed by atoms with van der Waals surface area (Å²) >= 11 is 0. The number of hydrogen-bond donors (Lipinski definition) is 0. The van der Waals surface area contributed by atoms with Crippen LogP contribution in [0.5, 0.6) is 0 Å². The Morgan fingerprint density at radius 1 is 0.861 bits per heavy atom. The number of nitrogens with zero attached hydrogens (tertiary/aromatic N) is 8. The minimum absolute atomic E-state index is 0.693. The van der Waals surface area contributed by atoms with Crippen molar-refractivity contribution in [2.45, 2.75) is 38.3 Å². The van der Waals surface area contributed by atoms with Crippen LogP contribution in [-0.4, -0.2) is 90.4 Å². The molecule has 36 heavy (non-hydrogen) atoms. The summed E-state index contributed by atoms with van der Waals surface area (Å²) in [7, 11) is 2.08. The highest BCUT2D eigenvalue weighted by Gasteiger charge is 2.29. The van der Waals surface area contributed by atoms with Crippen molar-refractivity contribution in [3.05, 3.63) is 42.2 Å². The zero-order valence-corrected chi connectivity index (χ0v) is 21.2. The molecule has 0 bridgehead atoms. The van der Waals surface area contributed by atoms with E-state index in [1.807, 2.05) is 6.07 Å². The van der Waals surface area contributed by atoms with Gasteiger partial charge < -0.3 is 24.3 Å². The van der Waals surface area contributed by atoms with Crippen LogP contribution in [0.15, 0.2) is 36.7 Å². The third-order valence-electron chi connectivity index (χ3n) is 7.77. The van der Waals surface area contributed by atoms with Crippen LogP contribution < -0.4 is 14.7 Å². The average molecular weight is 489 g/mol. The molecule has 0 spiro atoms. The van der Waals surface area contributed by atoms with E-state index < -0.39 is 0 Å². The third kappa shape index (κ3) is 4.82. The first kappa shape index (κ1) is 23.4. The molecule has 3 aliphatic heterocycles. The molecule has 5 heterocycles. The molecule has 0 amide bonds. The molecule has 3 aromatic rings. The maximum Gasteiger partial charge on any atom is 0.228 e. The van der Waals surface area contributed by atoms with E-state index in [0.717, 1.165) is 61.3 Å². The van der Waals surface area contributed by atoms with Gasteiger partial charge in [-0.3, -0.25) is 0 Å². The highest BCUT2D eigenvalue weighted by atomic mass is 16.5. The van der Waals surface area contributed by atoms with Crippen molar-refractivity contribution in [2.24, 2.45) is 0 Å². The second-order valence-electron chi connectivity index (χ2n) is 10.1. The molecule has 0 N–H and O–H groups in total. The molecule has 3 fully saturated rings. The fraction of sp³-hybridized carbons (Fsp3) is 0.556. The normalized spacial score (nSPS) is 19.8. The number of ether oxygens (including phenoxy) is 1. The van der Waals surface area contributed by atoms with E-state index in [2.05, 4.69) is 55.9 Å². The van der Waals surface area contributed by atoms with E-state index in [1.54, 1.807) is 6.33 Å². The number of rotatable bonds is 6. The molecule has 0 radical (unpaired) electrons. The van der Waals surface area contributed by atoms with Gasteiger partial charge in [0.1, 0.15) is 17.4 Å². The quantitative estimate of drug-likeness (QED) is 0.521. The lowest BCUT2D eigenvalue weighted by molar-refractivity contribution is 0.122. The SMILES string of the molecule is CN(Cc1ccccc1)c1ncnc2c(N3CCOCC3)nc(N3CCC(N4CCCC4)CC3)nc12. The molecular formula is C27H36N8O. The molecule has 9 heteroatoms. The molecule has 9 nitrogen and oxygen atoms in total. The second-order valence-corrected chi connectivity index (χ2v) is 10.1. The van der Waals surface area contributed by atoms with Crippen molar-refractivity contribution < 1.29 is 4.74 Å². The van der Waals surface area contributed by atoms with Gasteiger partial charge in [-0.15, -0.1) is 0 Å². The Labute approximate surface area is 213 Å². The Balaban J connectivity index is 1.34.